The van der Waals surface area contributed by atoms with E-state index in [1.54, 1.807) is 18.3 Å². The van der Waals surface area contributed by atoms with Crippen LogP contribution in [0.2, 0.25) is 5.02 Å². The molecule has 0 saturated heterocycles. The summed E-state index contributed by atoms with van der Waals surface area (Å²) in [6, 6.07) is 16.5. The normalized spacial score (nSPS) is 11.1. The fraction of sp³-hybridized carbons (Fsp3) is 0.136. The molecular weight excluding hydrogens is 374 g/mol. The molecule has 5 nitrogen and oxygen atoms in total. The molecule has 0 saturated carbocycles. The van der Waals surface area contributed by atoms with E-state index in [1.165, 1.54) is 4.68 Å². The van der Waals surface area contributed by atoms with Crippen LogP contribution in [-0.2, 0) is 6.54 Å². The van der Waals surface area contributed by atoms with Crippen LogP contribution in [0.5, 0.6) is 0 Å². The van der Waals surface area contributed by atoms with Crippen molar-refractivity contribution in [2.45, 2.75) is 20.4 Å². The van der Waals surface area contributed by atoms with Crippen LogP contribution < -0.4 is 5.56 Å². The van der Waals surface area contributed by atoms with Crippen LogP contribution >= 0.6 is 11.6 Å². The largest absolute Gasteiger partial charge is 0.318 e. The van der Waals surface area contributed by atoms with Crippen molar-refractivity contribution in [3.05, 3.63) is 93.1 Å². The molecule has 4 aromatic rings. The van der Waals surface area contributed by atoms with E-state index in [1.807, 2.05) is 60.9 Å². The van der Waals surface area contributed by atoms with Gasteiger partial charge in [-0.15, -0.1) is 0 Å². The molecule has 0 aliphatic rings. The maximum absolute atomic E-state index is 12.9. The first-order valence-corrected chi connectivity index (χ1v) is 9.26. The Labute approximate surface area is 166 Å². The van der Waals surface area contributed by atoms with Gasteiger partial charge in [-0.05, 0) is 50.2 Å². The van der Waals surface area contributed by atoms with Crippen molar-refractivity contribution in [1.29, 1.82) is 0 Å². The second kappa shape index (κ2) is 7.09. The summed E-state index contributed by atoms with van der Waals surface area (Å²) in [6.07, 6.45) is 1.61. The molecule has 0 bridgehead atoms. The van der Waals surface area contributed by atoms with E-state index in [2.05, 4.69) is 5.10 Å². The Bertz CT molecular complexity index is 1250. The van der Waals surface area contributed by atoms with E-state index in [4.69, 9.17) is 11.6 Å². The number of Topliss-reactive ketones (excluding diaryl/α,β-unsaturated/α-hetero) is 1. The predicted octanol–water partition coefficient (Wildman–Crippen LogP) is 4.34. The molecule has 0 fully saturated rings. The molecule has 2 aromatic carbocycles. The number of hydrogen-bond acceptors (Lipinski definition) is 3. The number of carbonyl (C=O) groups excluding carboxylic acids is 1. The molecule has 2 heterocycles. The highest BCUT2D eigenvalue weighted by atomic mass is 35.5. The molecule has 0 aliphatic heterocycles. The first-order chi connectivity index (χ1) is 13.5. The molecule has 6 heteroatoms. The van der Waals surface area contributed by atoms with Crippen molar-refractivity contribution in [3.63, 3.8) is 0 Å². The number of benzene rings is 2. The minimum absolute atomic E-state index is 0.103. The summed E-state index contributed by atoms with van der Waals surface area (Å²) >= 11 is 5.98. The Morgan fingerprint density at radius 2 is 1.79 bits per heavy atom. The summed E-state index contributed by atoms with van der Waals surface area (Å²) in [5.41, 5.74) is 2.99. The minimum Gasteiger partial charge on any atom is -0.318 e. The third-order valence-corrected chi connectivity index (χ3v) is 5.12. The average Bonchev–Trinajstić information content (AvgIpc) is 2.99. The van der Waals surface area contributed by atoms with Crippen molar-refractivity contribution in [3.8, 4) is 5.69 Å². The second-order valence-electron chi connectivity index (χ2n) is 6.71. The van der Waals surface area contributed by atoms with Crippen LogP contribution in [-0.4, -0.2) is 20.1 Å². The van der Waals surface area contributed by atoms with Gasteiger partial charge in [-0.1, -0.05) is 29.8 Å². The number of nitrogens with zero attached hydrogens (tertiary/aromatic N) is 3. The summed E-state index contributed by atoms with van der Waals surface area (Å²) in [4.78, 5) is 25.6. The monoisotopic (exact) mass is 391 g/mol. The Hall–Kier alpha value is -3.18. The van der Waals surface area contributed by atoms with E-state index in [9.17, 15) is 9.59 Å². The molecule has 140 valence electrons. The zero-order valence-corrected chi connectivity index (χ0v) is 16.3. The molecule has 0 radical (unpaired) electrons. The lowest BCUT2D eigenvalue weighted by Crippen LogP contribution is -2.26. The van der Waals surface area contributed by atoms with E-state index < -0.39 is 0 Å². The number of ketones is 1. The highest BCUT2D eigenvalue weighted by Gasteiger charge is 2.18. The van der Waals surface area contributed by atoms with Crippen molar-refractivity contribution in [1.82, 2.24) is 14.3 Å². The van der Waals surface area contributed by atoms with Gasteiger partial charge in [-0.25, -0.2) is 4.68 Å². The Balaban J connectivity index is 1.70. The van der Waals surface area contributed by atoms with Crippen LogP contribution in [0.4, 0.5) is 0 Å². The first-order valence-electron chi connectivity index (χ1n) is 8.88. The lowest BCUT2D eigenvalue weighted by atomic mass is 10.1. The molecule has 0 atom stereocenters. The summed E-state index contributed by atoms with van der Waals surface area (Å²) in [5.74, 6) is -0.154. The van der Waals surface area contributed by atoms with Crippen molar-refractivity contribution in [2.75, 3.05) is 0 Å². The van der Waals surface area contributed by atoms with E-state index in [0.717, 1.165) is 22.5 Å². The number of rotatable bonds is 4. The molecular formula is C22H18ClN3O2. The van der Waals surface area contributed by atoms with Crippen molar-refractivity contribution >= 4 is 28.2 Å². The standard InChI is InChI=1S/C22H18ClN3O2/c1-14-11-20(15(2)26(14)18-9-7-17(23)8-10-18)21(27)13-25-22(28)19-6-4-3-5-16(19)12-24-25/h3-12H,13H2,1-2H3. The Kier molecular flexibility index (Phi) is 4.61. The highest BCUT2D eigenvalue weighted by Crippen LogP contribution is 2.23. The quantitative estimate of drug-likeness (QED) is 0.486. The first kappa shape index (κ1) is 18.2. The van der Waals surface area contributed by atoms with Gasteiger partial charge in [0, 0.05) is 33.0 Å². The summed E-state index contributed by atoms with van der Waals surface area (Å²) in [7, 11) is 0. The molecule has 28 heavy (non-hydrogen) atoms. The van der Waals surface area contributed by atoms with Gasteiger partial charge in [0.15, 0.2) is 5.78 Å². The molecule has 0 spiro atoms. The molecule has 0 unspecified atom stereocenters. The lowest BCUT2D eigenvalue weighted by molar-refractivity contribution is 0.0965. The maximum Gasteiger partial charge on any atom is 0.275 e. The van der Waals surface area contributed by atoms with Gasteiger partial charge in [-0.2, -0.15) is 5.10 Å². The van der Waals surface area contributed by atoms with Gasteiger partial charge in [0.25, 0.3) is 5.56 Å². The third kappa shape index (κ3) is 3.14. The van der Waals surface area contributed by atoms with Crippen molar-refractivity contribution < 1.29 is 4.79 Å². The van der Waals surface area contributed by atoms with Gasteiger partial charge in [0.2, 0.25) is 0 Å². The fourth-order valence-corrected chi connectivity index (χ4v) is 3.62. The summed E-state index contributed by atoms with van der Waals surface area (Å²) < 4.78 is 3.22. The molecule has 0 N–H and O–H groups in total. The van der Waals surface area contributed by atoms with Crippen molar-refractivity contribution in [2.24, 2.45) is 0 Å². The number of hydrogen-bond donors (Lipinski definition) is 0. The molecule has 0 amide bonds. The summed E-state index contributed by atoms with van der Waals surface area (Å²) in [5, 5.41) is 6.13. The van der Waals surface area contributed by atoms with Gasteiger partial charge in [0.05, 0.1) is 11.6 Å². The minimum atomic E-state index is -0.266. The number of carbonyl (C=O) groups is 1. The van der Waals surface area contributed by atoms with Crippen LogP contribution in [0.25, 0.3) is 16.5 Å². The zero-order valence-electron chi connectivity index (χ0n) is 15.5. The van der Waals surface area contributed by atoms with Gasteiger partial charge in [-0.3, -0.25) is 9.59 Å². The van der Waals surface area contributed by atoms with Crippen LogP contribution in [0.3, 0.4) is 0 Å². The molecule has 0 aliphatic carbocycles. The molecule has 4 rings (SSSR count). The van der Waals surface area contributed by atoms with Crippen LogP contribution in [0.15, 0.2) is 65.6 Å². The van der Waals surface area contributed by atoms with Crippen LogP contribution in [0, 0.1) is 13.8 Å². The van der Waals surface area contributed by atoms with Crippen LogP contribution in [0.1, 0.15) is 21.7 Å². The smallest absolute Gasteiger partial charge is 0.275 e. The fourth-order valence-electron chi connectivity index (χ4n) is 3.49. The summed E-state index contributed by atoms with van der Waals surface area (Å²) in [6.45, 7) is 3.73. The third-order valence-electron chi connectivity index (χ3n) is 4.87. The van der Waals surface area contributed by atoms with Gasteiger partial charge < -0.3 is 4.57 Å². The number of halogens is 1. The van der Waals surface area contributed by atoms with E-state index in [0.29, 0.717) is 16.0 Å². The Morgan fingerprint density at radius 1 is 1.07 bits per heavy atom. The number of aromatic nitrogens is 3. The maximum atomic E-state index is 12.9. The molecule has 2 aromatic heterocycles. The van der Waals surface area contributed by atoms with E-state index >= 15 is 0 Å². The van der Waals surface area contributed by atoms with Gasteiger partial charge >= 0.3 is 0 Å². The predicted molar refractivity (Wildman–Crippen MR) is 111 cm³/mol. The zero-order chi connectivity index (χ0) is 19.8. The number of fused-ring (bicyclic) bond motifs is 1. The van der Waals surface area contributed by atoms with Gasteiger partial charge in [0.1, 0.15) is 6.54 Å². The van der Waals surface area contributed by atoms with E-state index in [-0.39, 0.29) is 17.9 Å². The SMILES string of the molecule is Cc1cc(C(=O)Cn2ncc3ccccc3c2=O)c(C)n1-c1ccc(Cl)cc1. The second-order valence-corrected chi connectivity index (χ2v) is 7.15. The Morgan fingerprint density at radius 3 is 2.54 bits per heavy atom. The lowest BCUT2D eigenvalue weighted by Gasteiger charge is -2.10. The topological polar surface area (TPSA) is 56.9 Å². The average molecular weight is 392 g/mol. The highest BCUT2D eigenvalue weighted by molar-refractivity contribution is 6.30. The number of aryl methyl sites for hydroxylation is 1.